The Labute approximate surface area is 170 Å². The molecule has 1 amide bonds. The molecule has 138 valence electrons. The van der Waals surface area contributed by atoms with Gasteiger partial charge in [-0.1, -0.05) is 23.7 Å². The lowest BCUT2D eigenvalue weighted by Gasteiger charge is -2.45. The zero-order valence-corrected chi connectivity index (χ0v) is 16.7. The minimum absolute atomic E-state index is 0.0465. The van der Waals surface area contributed by atoms with Gasteiger partial charge in [-0.25, -0.2) is 0 Å². The number of hydrogen-bond donors (Lipinski definition) is 2. The second-order valence-electron chi connectivity index (χ2n) is 7.02. The van der Waals surface area contributed by atoms with E-state index in [4.69, 9.17) is 22.1 Å². The highest BCUT2D eigenvalue weighted by molar-refractivity contribution is 9.10. The first-order chi connectivity index (χ1) is 13.0. The Morgan fingerprint density at radius 1 is 1.33 bits per heavy atom. The zero-order chi connectivity index (χ0) is 18.7. The van der Waals surface area contributed by atoms with E-state index in [1.807, 2.05) is 30.3 Å². The Kier molecular flexibility index (Phi) is 3.96. The predicted molar refractivity (Wildman–Crippen MR) is 109 cm³/mol. The Morgan fingerprint density at radius 3 is 3.04 bits per heavy atom. The monoisotopic (exact) mass is 445 g/mol. The lowest BCUT2D eigenvalue weighted by atomic mass is 9.90. The highest BCUT2D eigenvalue weighted by Gasteiger charge is 2.38. The number of nitrogens with zero attached hydrogens (tertiary/aromatic N) is 1. The number of ether oxygens (including phenoxy) is 1. The molecule has 5 rings (SSSR count). The molecule has 2 aromatic rings. The van der Waals surface area contributed by atoms with Crippen molar-refractivity contribution in [3.63, 3.8) is 0 Å². The maximum atomic E-state index is 12.8. The fraction of sp³-hybridized carbons (Fsp3) is 0.250. The molecule has 3 aliphatic heterocycles. The van der Waals surface area contributed by atoms with Crippen LogP contribution in [0.15, 0.2) is 40.4 Å². The number of benzene rings is 2. The molecule has 0 unspecified atom stereocenters. The van der Waals surface area contributed by atoms with Crippen LogP contribution in [-0.2, 0) is 0 Å². The van der Waals surface area contributed by atoms with E-state index >= 15 is 0 Å². The summed E-state index contributed by atoms with van der Waals surface area (Å²) >= 11 is 9.70. The van der Waals surface area contributed by atoms with Gasteiger partial charge < -0.3 is 20.7 Å². The number of anilines is 1. The van der Waals surface area contributed by atoms with E-state index in [9.17, 15) is 4.79 Å². The lowest BCUT2D eigenvalue weighted by molar-refractivity contribution is 0.0930. The smallest absolute Gasteiger partial charge is 0.255 e. The van der Waals surface area contributed by atoms with Gasteiger partial charge in [0.05, 0.1) is 15.7 Å². The van der Waals surface area contributed by atoms with Gasteiger partial charge in [-0.3, -0.25) is 4.79 Å². The summed E-state index contributed by atoms with van der Waals surface area (Å²) in [5.41, 5.74) is 10.9. The summed E-state index contributed by atoms with van der Waals surface area (Å²) in [6.07, 6.45) is 2.64. The van der Waals surface area contributed by atoms with Crippen LogP contribution in [0, 0.1) is 0 Å². The first-order valence-electron chi connectivity index (χ1n) is 8.81. The molecule has 0 saturated carbocycles. The molecule has 0 aliphatic carbocycles. The van der Waals surface area contributed by atoms with E-state index in [2.05, 4.69) is 32.2 Å². The molecular weight excluding hydrogens is 430 g/mol. The molecule has 0 spiro atoms. The molecule has 5 nitrogen and oxygen atoms in total. The van der Waals surface area contributed by atoms with E-state index < -0.39 is 0 Å². The summed E-state index contributed by atoms with van der Waals surface area (Å²) in [6, 6.07) is 9.41. The van der Waals surface area contributed by atoms with Gasteiger partial charge in [0.25, 0.3) is 5.91 Å². The predicted octanol–water partition coefficient (Wildman–Crippen LogP) is 3.86. The highest BCUT2D eigenvalue weighted by atomic mass is 79.9. The van der Waals surface area contributed by atoms with Crippen molar-refractivity contribution in [1.82, 2.24) is 5.32 Å². The first-order valence-corrected chi connectivity index (χ1v) is 9.98. The number of nitrogens with one attached hydrogen (secondary N) is 1. The fourth-order valence-corrected chi connectivity index (χ4v) is 5.08. The van der Waals surface area contributed by atoms with Crippen molar-refractivity contribution in [3.8, 4) is 5.75 Å². The van der Waals surface area contributed by atoms with E-state index in [1.165, 1.54) is 0 Å². The van der Waals surface area contributed by atoms with Crippen molar-refractivity contribution in [2.75, 3.05) is 18.1 Å². The van der Waals surface area contributed by atoms with E-state index in [-0.39, 0.29) is 18.1 Å². The van der Waals surface area contributed by atoms with Gasteiger partial charge >= 0.3 is 0 Å². The summed E-state index contributed by atoms with van der Waals surface area (Å²) in [6.45, 7) is 1.18. The molecule has 0 fully saturated rings. The molecule has 3 heterocycles. The number of carbonyl (C=O) groups excluding carboxylic acids is 1. The van der Waals surface area contributed by atoms with Gasteiger partial charge in [0, 0.05) is 28.7 Å². The van der Waals surface area contributed by atoms with Gasteiger partial charge in [0.1, 0.15) is 18.5 Å². The third-order valence-corrected chi connectivity index (χ3v) is 6.18. The number of para-hydroxylation sites is 1. The summed E-state index contributed by atoms with van der Waals surface area (Å²) in [4.78, 5) is 15.0. The van der Waals surface area contributed by atoms with Crippen molar-refractivity contribution in [1.29, 1.82) is 0 Å². The maximum Gasteiger partial charge on any atom is 0.255 e. The minimum atomic E-state index is -0.260. The molecule has 0 aromatic heterocycles. The number of halogens is 2. The van der Waals surface area contributed by atoms with E-state index in [1.54, 1.807) is 0 Å². The van der Waals surface area contributed by atoms with Crippen LogP contribution in [0.2, 0.25) is 5.02 Å². The molecule has 0 bridgehead atoms. The van der Waals surface area contributed by atoms with Crippen LogP contribution in [0.25, 0.3) is 6.08 Å². The third-order valence-electron chi connectivity index (χ3n) is 5.37. The van der Waals surface area contributed by atoms with Gasteiger partial charge in [0.2, 0.25) is 0 Å². The summed E-state index contributed by atoms with van der Waals surface area (Å²) in [7, 11) is 0. The van der Waals surface area contributed by atoms with Gasteiger partial charge in [-0.05, 0) is 52.2 Å². The highest BCUT2D eigenvalue weighted by Crippen LogP contribution is 2.42. The molecule has 0 saturated heterocycles. The number of rotatable bonds is 1. The summed E-state index contributed by atoms with van der Waals surface area (Å²) < 4.78 is 6.81. The van der Waals surface area contributed by atoms with Crippen molar-refractivity contribution in [2.45, 2.75) is 18.6 Å². The number of amides is 1. The lowest BCUT2D eigenvalue weighted by Crippen LogP contribution is -2.57. The minimum Gasteiger partial charge on any atom is -0.487 e. The first kappa shape index (κ1) is 17.1. The Balaban J connectivity index is 1.61. The molecular formula is C20H17BrClN3O2. The number of hydrogen-bond acceptors (Lipinski definition) is 4. The van der Waals surface area contributed by atoms with Crippen LogP contribution in [0.4, 0.5) is 5.69 Å². The number of nitrogens with two attached hydrogens (primary N) is 1. The average Bonchev–Trinajstić information content (AvgIpc) is 2.65. The second-order valence-corrected chi connectivity index (χ2v) is 8.31. The Morgan fingerprint density at radius 2 is 2.19 bits per heavy atom. The molecule has 0 radical (unpaired) electrons. The van der Waals surface area contributed by atoms with E-state index in [0.29, 0.717) is 17.2 Å². The van der Waals surface area contributed by atoms with Crippen LogP contribution < -0.4 is 20.7 Å². The Bertz CT molecular complexity index is 1010. The van der Waals surface area contributed by atoms with Crippen molar-refractivity contribution in [2.24, 2.45) is 5.73 Å². The molecule has 3 aliphatic rings. The molecule has 2 aromatic carbocycles. The van der Waals surface area contributed by atoms with Crippen molar-refractivity contribution >= 4 is 45.2 Å². The van der Waals surface area contributed by atoms with Crippen LogP contribution in [0.1, 0.15) is 33.9 Å². The quantitative estimate of drug-likeness (QED) is 0.698. The molecule has 2 atom stereocenters. The Hall–Kier alpha value is -2.02. The van der Waals surface area contributed by atoms with Crippen LogP contribution >= 0.6 is 27.5 Å². The molecule has 3 N–H and O–H groups in total. The largest absolute Gasteiger partial charge is 0.487 e. The van der Waals surface area contributed by atoms with Crippen LogP contribution in [0.3, 0.4) is 0 Å². The number of carbonyl (C=O) groups is 1. The topological polar surface area (TPSA) is 67.6 Å². The summed E-state index contributed by atoms with van der Waals surface area (Å²) in [5.74, 6) is 0.688. The van der Waals surface area contributed by atoms with Crippen LogP contribution in [-0.4, -0.2) is 25.2 Å². The normalized spacial score (nSPS) is 23.0. The zero-order valence-electron chi connectivity index (χ0n) is 14.3. The summed E-state index contributed by atoms with van der Waals surface area (Å²) in [5, 5.41) is 3.76. The number of fused-ring (bicyclic) bond motifs is 1. The standard InChI is InChI=1S/C20H17BrClN3O2/c21-15-8-12(22)7-10-6-11(9-27-18(10)15)19-24-20(26)14-3-1-2-13-16(23)4-5-25(19)17(13)14/h1-3,6-8,16,19H,4-5,9,23H2,(H,24,26)/t16-,19-/m1/s1. The third kappa shape index (κ3) is 2.66. The molecule has 7 heteroatoms. The molecule has 27 heavy (non-hydrogen) atoms. The fourth-order valence-electron chi connectivity index (χ4n) is 4.14. The van der Waals surface area contributed by atoms with Gasteiger partial charge in [0.15, 0.2) is 0 Å². The van der Waals surface area contributed by atoms with Gasteiger partial charge in [-0.2, -0.15) is 0 Å². The van der Waals surface area contributed by atoms with Crippen molar-refractivity contribution < 1.29 is 9.53 Å². The average molecular weight is 447 g/mol. The second kappa shape index (κ2) is 6.26. The van der Waals surface area contributed by atoms with E-state index in [0.717, 1.165) is 45.6 Å². The SMILES string of the molecule is N[C@@H]1CCN2c3c(cccc31)C(=O)N[C@H]2C1=Cc2cc(Cl)cc(Br)c2OC1. The van der Waals surface area contributed by atoms with Crippen LogP contribution in [0.5, 0.6) is 5.75 Å². The van der Waals surface area contributed by atoms with Gasteiger partial charge in [-0.15, -0.1) is 0 Å². The van der Waals surface area contributed by atoms with Crippen molar-refractivity contribution in [3.05, 3.63) is 62.1 Å². The maximum absolute atomic E-state index is 12.8.